The predicted molar refractivity (Wildman–Crippen MR) is 256 cm³/mol. The molecule has 11 aromatic rings. The van der Waals surface area contributed by atoms with Gasteiger partial charge < -0.3 is 13.8 Å². The smallest absolute Gasteiger partial charge is 0.333 e. The van der Waals surface area contributed by atoms with Gasteiger partial charge in [0.1, 0.15) is 11.2 Å². The molecule has 282 valence electrons. The minimum Gasteiger partial charge on any atom is -0.455 e. The van der Waals surface area contributed by atoms with Gasteiger partial charge in [-0.1, -0.05) is 107 Å². The average molecular weight is 795 g/mol. The van der Waals surface area contributed by atoms with E-state index < -0.39 is 0 Å². The summed E-state index contributed by atoms with van der Waals surface area (Å²) in [5.74, 6) is 0. The van der Waals surface area contributed by atoms with Crippen molar-refractivity contribution >= 4 is 131 Å². The van der Waals surface area contributed by atoms with Crippen LogP contribution in [-0.2, 0) is 10.8 Å². The summed E-state index contributed by atoms with van der Waals surface area (Å²) in [5, 5.41) is 7.63. The molecular weight excluding hydrogens is 756 g/mol. The molecule has 2 aliphatic heterocycles. The Morgan fingerprint density at radius 2 is 1.25 bits per heavy atom. The van der Waals surface area contributed by atoms with Crippen molar-refractivity contribution in [3.05, 3.63) is 138 Å². The lowest BCUT2D eigenvalue weighted by Crippen LogP contribution is -2.56. The molecule has 59 heavy (non-hydrogen) atoms. The lowest BCUT2D eigenvalue weighted by Gasteiger charge is -2.44. The van der Waals surface area contributed by atoms with Crippen molar-refractivity contribution in [1.82, 2.24) is 4.48 Å². The third-order valence-electron chi connectivity index (χ3n) is 14.5. The highest BCUT2D eigenvalue weighted by atomic mass is 32.1. The number of nitrogens with zero attached hydrogens (tertiary/aromatic N) is 2. The van der Waals surface area contributed by atoms with Crippen molar-refractivity contribution in [2.45, 2.75) is 58.3 Å². The van der Waals surface area contributed by atoms with Crippen LogP contribution in [0.25, 0.3) is 84.4 Å². The van der Waals surface area contributed by atoms with Gasteiger partial charge in [-0.25, -0.2) is 0 Å². The second kappa shape index (κ2) is 10.9. The van der Waals surface area contributed by atoms with Crippen molar-refractivity contribution in [1.29, 1.82) is 0 Å². The molecular formula is C53H39BN2OS2. The van der Waals surface area contributed by atoms with Crippen LogP contribution >= 0.6 is 22.7 Å². The largest absolute Gasteiger partial charge is 0.455 e. The summed E-state index contributed by atoms with van der Waals surface area (Å²) in [7, 11) is 0. The quantitative estimate of drug-likeness (QED) is 0.154. The van der Waals surface area contributed by atoms with Crippen LogP contribution in [0, 0.1) is 6.92 Å². The summed E-state index contributed by atoms with van der Waals surface area (Å²) in [5.41, 5.74) is 18.0. The first kappa shape index (κ1) is 33.1. The number of aromatic nitrogens is 1. The molecule has 0 atom stereocenters. The minimum absolute atomic E-state index is 0.0629. The van der Waals surface area contributed by atoms with Crippen LogP contribution in [-0.4, -0.2) is 11.3 Å². The third-order valence-corrected chi connectivity index (χ3v) is 16.9. The second-order valence-corrected chi connectivity index (χ2v) is 20.8. The van der Waals surface area contributed by atoms with Crippen LogP contribution in [0.3, 0.4) is 0 Å². The molecule has 1 aliphatic carbocycles. The number of fused-ring (bicyclic) bond motifs is 17. The number of rotatable bonds is 1. The monoisotopic (exact) mass is 794 g/mol. The minimum atomic E-state index is -0.0697. The highest BCUT2D eigenvalue weighted by molar-refractivity contribution is 7.27. The number of anilines is 3. The fourth-order valence-electron chi connectivity index (χ4n) is 11.6. The maximum absolute atomic E-state index is 7.06. The first-order chi connectivity index (χ1) is 28.7. The summed E-state index contributed by atoms with van der Waals surface area (Å²) in [4.78, 5) is 2.67. The highest BCUT2D eigenvalue weighted by Crippen LogP contribution is 2.54. The Hall–Kier alpha value is -5.82. The van der Waals surface area contributed by atoms with Crippen molar-refractivity contribution in [3.8, 4) is 11.1 Å². The Kier molecular flexibility index (Phi) is 6.09. The molecule has 0 spiro atoms. The Bertz CT molecular complexity index is 3720. The van der Waals surface area contributed by atoms with Gasteiger partial charge in [0.25, 0.3) is 0 Å². The number of thiophene rings is 2. The number of para-hydroxylation sites is 2. The van der Waals surface area contributed by atoms with E-state index in [0.717, 1.165) is 16.6 Å². The number of hydrogen-bond donors (Lipinski definition) is 0. The van der Waals surface area contributed by atoms with E-state index in [1.165, 1.54) is 125 Å². The summed E-state index contributed by atoms with van der Waals surface area (Å²) in [6.07, 6.45) is 2.36. The van der Waals surface area contributed by atoms with Crippen LogP contribution in [0.2, 0.25) is 0 Å². The summed E-state index contributed by atoms with van der Waals surface area (Å²) >= 11 is 3.85. The molecule has 14 rings (SSSR count). The fraction of sp³-hybridized carbons (Fsp3) is 0.170. The van der Waals surface area contributed by atoms with Gasteiger partial charge in [0.05, 0.1) is 10.2 Å². The lowest BCUT2D eigenvalue weighted by molar-refractivity contribution is 0.332. The number of furan rings is 1. The molecule has 6 heterocycles. The van der Waals surface area contributed by atoms with E-state index in [1.807, 2.05) is 22.7 Å². The fourth-order valence-corrected chi connectivity index (χ4v) is 13.9. The molecule has 7 aromatic carbocycles. The van der Waals surface area contributed by atoms with Gasteiger partial charge in [-0.3, -0.25) is 0 Å². The molecule has 0 saturated heterocycles. The standard InChI is InChI=1S/C53H39BN2OS2/c1-28-23-36-37(53(4,5)22-21-52(36,2)3)26-39(28)55-40-24-34-30-14-7-10-19-43(30)58-45(34)27-38(40)54-47-41(55)25-35-29-13-6-9-18-42(29)57-50(35)46(47)32-16-12-17-33-48(32)56(54)49-31-15-8-11-20-44(31)59-51(33)49/h6-20,23-27H,21-22H2,1-5H3. The molecule has 3 nitrogen and oxygen atoms in total. The molecule has 0 fully saturated rings. The van der Waals surface area contributed by atoms with Gasteiger partial charge in [-0.05, 0) is 101 Å². The van der Waals surface area contributed by atoms with E-state index in [-0.39, 0.29) is 17.7 Å². The number of aryl methyl sites for hydroxylation is 1. The molecule has 0 radical (unpaired) electrons. The first-order valence-electron chi connectivity index (χ1n) is 21.0. The molecule has 0 amide bonds. The predicted octanol–water partition coefficient (Wildman–Crippen LogP) is 14.4. The molecule has 3 aliphatic rings. The second-order valence-electron chi connectivity index (χ2n) is 18.7. The van der Waals surface area contributed by atoms with E-state index >= 15 is 0 Å². The van der Waals surface area contributed by atoms with Crippen molar-refractivity contribution in [3.63, 3.8) is 0 Å². The van der Waals surface area contributed by atoms with Crippen LogP contribution in [0.1, 0.15) is 57.2 Å². The first-order valence-corrected chi connectivity index (χ1v) is 22.6. The Balaban J connectivity index is 1.21. The third kappa shape index (κ3) is 4.05. The number of benzene rings is 7. The Morgan fingerprint density at radius 3 is 2.07 bits per heavy atom. The van der Waals surface area contributed by atoms with Crippen molar-refractivity contribution in [2.75, 3.05) is 4.90 Å². The SMILES string of the molecule is Cc1cc2c(cc1N1c3cc4c(cc3B3c5c1cc1c(oc6ccccc61)c5-c1cccc5c6sc7ccccc7c6n3c15)sc1ccccc14)C(C)(C)CCC2(C)C. The van der Waals surface area contributed by atoms with E-state index in [9.17, 15) is 0 Å². The molecule has 6 heteroatoms. The van der Waals surface area contributed by atoms with Crippen LogP contribution in [0.5, 0.6) is 0 Å². The molecule has 4 aromatic heterocycles. The van der Waals surface area contributed by atoms with Crippen molar-refractivity contribution < 1.29 is 4.42 Å². The van der Waals surface area contributed by atoms with E-state index in [4.69, 9.17) is 4.42 Å². The Labute approximate surface area is 350 Å². The summed E-state index contributed by atoms with van der Waals surface area (Å²) in [6.45, 7) is 12.1. The number of hydrogen-bond acceptors (Lipinski definition) is 4. The average Bonchev–Trinajstić information content (AvgIpc) is 3.99. The maximum Gasteiger partial charge on any atom is 0.333 e. The van der Waals surface area contributed by atoms with E-state index in [0.29, 0.717) is 0 Å². The zero-order valence-electron chi connectivity index (χ0n) is 33.7. The van der Waals surface area contributed by atoms with E-state index in [1.54, 1.807) is 0 Å². The van der Waals surface area contributed by atoms with Crippen LogP contribution in [0.15, 0.2) is 126 Å². The zero-order chi connectivity index (χ0) is 39.3. The zero-order valence-corrected chi connectivity index (χ0v) is 35.3. The highest BCUT2D eigenvalue weighted by Gasteiger charge is 2.46. The van der Waals surface area contributed by atoms with Crippen molar-refractivity contribution in [2.24, 2.45) is 0 Å². The summed E-state index contributed by atoms with van der Waals surface area (Å²) in [6, 6.07) is 46.3. The molecule has 0 saturated carbocycles. The van der Waals surface area contributed by atoms with Crippen LogP contribution < -0.4 is 15.8 Å². The van der Waals surface area contributed by atoms with Gasteiger partial charge in [-0.2, -0.15) is 0 Å². The molecule has 0 bridgehead atoms. The van der Waals surface area contributed by atoms with Gasteiger partial charge in [0, 0.05) is 80.1 Å². The van der Waals surface area contributed by atoms with E-state index in [2.05, 4.69) is 165 Å². The topological polar surface area (TPSA) is 21.3 Å². The van der Waals surface area contributed by atoms with Gasteiger partial charge >= 0.3 is 6.85 Å². The molecule has 0 unspecified atom stereocenters. The normalized spacial score (nSPS) is 16.3. The van der Waals surface area contributed by atoms with Crippen LogP contribution in [0.4, 0.5) is 17.1 Å². The molecule has 0 N–H and O–H groups in total. The Morgan fingerprint density at radius 1 is 0.576 bits per heavy atom. The van der Waals surface area contributed by atoms with Gasteiger partial charge in [0.15, 0.2) is 0 Å². The van der Waals surface area contributed by atoms with Gasteiger partial charge in [-0.15, -0.1) is 22.7 Å². The lowest BCUT2D eigenvalue weighted by atomic mass is 9.45. The van der Waals surface area contributed by atoms with Gasteiger partial charge in [0.2, 0.25) is 0 Å². The maximum atomic E-state index is 7.06. The summed E-state index contributed by atoms with van der Waals surface area (Å²) < 4.78 is 15.2.